The number of alkyl halides is 3. The van der Waals surface area contributed by atoms with Crippen LogP contribution in [-0.4, -0.2) is 67.8 Å². The number of urea groups is 1. The van der Waals surface area contributed by atoms with Gasteiger partial charge in [-0.25, -0.2) is 4.79 Å². The molecule has 0 aliphatic carbocycles. The van der Waals surface area contributed by atoms with Crippen LogP contribution in [0.1, 0.15) is 24.1 Å². The summed E-state index contributed by atoms with van der Waals surface area (Å²) in [6.07, 6.45) is -3.06. The van der Waals surface area contributed by atoms with Gasteiger partial charge in [-0.3, -0.25) is 4.98 Å². The highest BCUT2D eigenvalue weighted by molar-refractivity contribution is 6.31. The minimum Gasteiger partial charge on any atom is -0.366 e. The molecule has 3 aromatic rings. The number of aromatic nitrogens is 4. The monoisotopic (exact) mass is 504 g/mol. The maximum absolute atomic E-state index is 13.3. The number of carbonyl (C=O) groups excluding carboxylic acids is 1. The third-order valence-electron chi connectivity index (χ3n) is 6.39. The fraction of sp³-hybridized carbons (Fsp3) is 0.409. The number of anilines is 1. The van der Waals surface area contributed by atoms with Crippen LogP contribution in [0, 0.1) is 11.3 Å². The Balaban J connectivity index is 1.34. The van der Waals surface area contributed by atoms with E-state index in [0.717, 1.165) is 15.6 Å². The summed E-state index contributed by atoms with van der Waals surface area (Å²) in [5, 5.41) is 17.9. The largest absolute Gasteiger partial charge is 0.451 e. The lowest BCUT2D eigenvalue weighted by atomic mass is 10.1. The van der Waals surface area contributed by atoms with Crippen molar-refractivity contribution in [2.75, 3.05) is 31.1 Å². The highest BCUT2D eigenvalue weighted by Gasteiger charge is 2.41. The second-order valence-corrected chi connectivity index (χ2v) is 9.01. The van der Waals surface area contributed by atoms with Crippen LogP contribution >= 0.6 is 11.6 Å². The normalized spacial score (nSPS) is 18.5. The SMILES string of the molecule is CC1CN(c2c(C#N)cnc3ccc(Cl)cc23)CCN1C(=O)N1CCn2c(nnc2C(F)(F)F)C1. The average molecular weight is 505 g/mol. The Morgan fingerprint density at radius 3 is 2.71 bits per heavy atom. The lowest BCUT2D eigenvalue weighted by Crippen LogP contribution is -2.58. The number of piperazine rings is 1. The molecule has 0 spiro atoms. The van der Waals surface area contributed by atoms with E-state index < -0.39 is 12.0 Å². The molecule has 0 N–H and O–H groups in total. The van der Waals surface area contributed by atoms with Crippen molar-refractivity contribution in [3.05, 3.63) is 46.6 Å². The molecule has 4 heterocycles. The molecule has 1 unspecified atom stereocenters. The van der Waals surface area contributed by atoms with E-state index in [1.807, 2.05) is 6.92 Å². The van der Waals surface area contributed by atoms with E-state index in [9.17, 15) is 23.2 Å². The zero-order valence-electron chi connectivity index (χ0n) is 18.6. The lowest BCUT2D eigenvalue weighted by Gasteiger charge is -2.43. The number of halogens is 4. The Morgan fingerprint density at radius 1 is 1.20 bits per heavy atom. The predicted molar refractivity (Wildman–Crippen MR) is 121 cm³/mol. The number of amides is 2. The molecule has 0 bridgehead atoms. The highest BCUT2D eigenvalue weighted by atomic mass is 35.5. The number of hydrogen-bond donors (Lipinski definition) is 0. The summed E-state index contributed by atoms with van der Waals surface area (Å²) in [6, 6.07) is 7.04. The van der Waals surface area contributed by atoms with Crippen molar-refractivity contribution in [1.29, 1.82) is 5.26 Å². The number of rotatable bonds is 1. The van der Waals surface area contributed by atoms with Gasteiger partial charge in [0.2, 0.25) is 5.82 Å². The van der Waals surface area contributed by atoms with Crippen LogP contribution in [0.3, 0.4) is 0 Å². The minimum atomic E-state index is -4.59. The van der Waals surface area contributed by atoms with E-state index in [-0.39, 0.29) is 37.5 Å². The third kappa shape index (κ3) is 4.10. The summed E-state index contributed by atoms with van der Waals surface area (Å²) in [7, 11) is 0. The Labute approximate surface area is 203 Å². The maximum atomic E-state index is 13.3. The van der Waals surface area contributed by atoms with E-state index >= 15 is 0 Å². The van der Waals surface area contributed by atoms with Gasteiger partial charge in [0.15, 0.2) is 5.82 Å². The Kier molecular flexibility index (Phi) is 5.67. The van der Waals surface area contributed by atoms with Gasteiger partial charge in [-0.05, 0) is 25.1 Å². The van der Waals surface area contributed by atoms with Crippen LogP contribution in [0.4, 0.5) is 23.7 Å². The van der Waals surface area contributed by atoms with Crippen molar-refractivity contribution in [2.24, 2.45) is 0 Å². The molecule has 0 saturated carbocycles. The average Bonchev–Trinajstić information content (AvgIpc) is 3.26. The molecule has 182 valence electrons. The second-order valence-electron chi connectivity index (χ2n) is 8.58. The lowest BCUT2D eigenvalue weighted by molar-refractivity contribution is -0.147. The standard InChI is InChI=1S/C22H20ClF3N8O/c1-13-11-31(19-14(9-27)10-28-17-3-2-15(23)8-16(17)19)4-6-33(13)21(35)32-5-7-34-18(12-32)29-30-20(34)22(24,25)26/h2-3,8,10,13H,4-7,11-12H2,1H3. The van der Waals surface area contributed by atoms with Gasteiger partial charge in [-0.2, -0.15) is 18.4 Å². The number of benzene rings is 1. The number of pyridine rings is 1. The van der Waals surface area contributed by atoms with Gasteiger partial charge in [0.1, 0.15) is 6.07 Å². The van der Waals surface area contributed by atoms with Crippen molar-refractivity contribution in [3.63, 3.8) is 0 Å². The zero-order chi connectivity index (χ0) is 24.9. The fourth-order valence-corrected chi connectivity index (χ4v) is 4.90. The molecule has 2 aromatic heterocycles. The van der Waals surface area contributed by atoms with Gasteiger partial charge in [0.25, 0.3) is 0 Å². The summed E-state index contributed by atoms with van der Waals surface area (Å²) in [6.45, 7) is 3.29. The Bertz CT molecular complexity index is 1350. The number of carbonyl (C=O) groups is 1. The van der Waals surface area contributed by atoms with E-state index in [1.165, 1.54) is 11.1 Å². The molecule has 35 heavy (non-hydrogen) atoms. The molecule has 2 aliphatic heterocycles. The van der Waals surface area contributed by atoms with E-state index in [1.54, 1.807) is 23.1 Å². The molecule has 2 amide bonds. The maximum Gasteiger partial charge on any atom is 0.451 e. The van der Waals surface area contributed by atoms with Crippen molar-refractivity contribution >= 4 is 34.2 Å². The fourth-order valence-electron chi connectivity index (χ4n) is 4.73. The summed E-state index contributed by atoms with van der Waals surface area (Å²) in [4.78, 5) is 22.9. The number of nitriles is 1. The minimum absolute atomic E-state index is 0.0213. The molecule has 2 aliphatic rings. The summed E-state index contributed by atoms with van der Waals surface area (Å²) in [5.74, 6) is -0.929. The number of fused-ring (bicyclic) bond motifs is 2. The van der Waals surface area contributed by atoms with Crippen LogP contribution in [0.5, 0.6) is 0 Å². The molecule has 9 nitrogen and oxygen atoms in total. The Hall–Kier alpha value is -3.59. The molecular weight excluding hydrogens is 485 g/mol. The van der Waals surface area contributed by atoms with Crippen LogP contribution in [-0.2, 0) is 19.3 Å². The molecular formula is C22H20ClF3N8O. The van der Waals surface area contributed by atoms with Crippen LogP contribution < -0.4 is 4.90 Å². The van der Waals surface area contributed by atoms with Crippen molar-refractivity contribution in [2.45, 2.75) is 32.2 Å². The topological polar surface area (TPSA) is 94.2 Å². The number of hydrogen-bond acceptors (Lipinski definition) is 6. The quantitative estimate of drug-likeness (QED) is 0.503. The van der Waals surface area contributed by atoms with E-state index in [2.05, 4.69) is 26.2 Å². The second kappa shape index (κ2) is 8.57. The predicted octanol–water partition coefficient (Wildman–Crippen LogP) is 3.52. The van der Waals surface area contributed by atoms with Gasteiger partial charge in [0, 0.05) is 55.4 Å². The van der Waals surface area contributed by atoms with E-state index in [4.69, 9.17) is 11.6 Å². The molecule has 1 atom stereocenters. The first-order valence-electron chi connectivity index (χ1n) is 11.0. The van der Waals surface area contributed by atoms with Crippen LogP contribution in [0.15, 0.2) is 24.4 Å². The molecule has 0 radical (unpaired) electrons. The van der Waals surface area contributed by atoms with Gasteiger partial charge >= 0.3 is 12.2 Å². The first-order valence-corrected chi connectivity index (χ1v) is 11.3. The van der Waals surface area contributed by atoms with Crippen LogP contribution in [0.2, 0.25) is 5.02 Å². The highest BCUT2D eigenvalue weighted by Crippen LogP contribution is 2.33. The van der Waals surface area contributed by atoms with Crippen molar-refractivity contribution in [1.82, 2.24) is 29.5 Å². The molecule has 1 aromatic carbocycles. The van der Waals surface area contributed by atoms with Crippen molar-refractivity contribution < 1.29 is 18.0 Å². The van der Waals surface area contributed by atoms with Gasteiger partial charge < -0.3 is 19.3 Å². The molecule has 5 rings (SSSR count). The first-order chi connectivity index (χ1) is 16.7. The van der Waals surface area contributed by atoms with Gasteiger partial charge in [-0.15, -0.1) is 10.2 Å². The zero-order valence-corrected chi connectivity index (χ0v) is 19.4. The van der Waals surface area contributed by atoms with Crippen molar-refractivity contribution in [3.8, 4) is 6.07 Å². The van der Waals surface area contributed by atoms with Gasteiger partial charge in [-0.1, -0.05) is 11.6 Å². The molecule has 1 saturated heterocycles. The first kappa shape index (κ1) is 23.2. The third-order valence-corrected chi connectivity index (χ3v) is 6.62. The Morgan fingerprint density at radius 2 is 2.00 bits per heavy atom. The molecule has 13 heteroatoms. The summed E-state index contributed by atoms with van der Waals surface area (Å²) in [5.41, 5.74) is 1.86. The molecule has 1 fully saturated rings. The number of nitrogens with zero attached hydrogens (tertiary/aromatic N) is 8. The van der Waals surface area contributed by atoms with Gasteiger partial charge in [0.05, 0.1) is 23.3 Å². The van der Waals surface area contributed by atoms with E-state index in [0.29, 0.717) is 35.7 Å². The van der Waals surface area contributed by atoms with Crippen LogP contribution in [0.25, 0.3) is 10.9 Å². The summed E-state index contributed by atoms with van der Waals surface area (Å²) < 4.78 is 40.3. The summed E-state index contributed by atoms with van der Waals surface area (Å²) >= 11 is 6.21. The smallest absolute Gasteiger partial charge is 0.366 e.